The molecule has 4 aromatic rings. The average molecular weight is 472 g/mol. The number of rotatable bonds is 6. The van der Waals surface area contributed by atoms with E-state index in [9.17, 15) is 4.79 Å². The fraction of sp³-hybridized carbons (Fsp3) is 0.308. The lowest BCUT2D eigenvalue weighted by Crippen LogP contribution is -2.42. The first kappa shape index (κ1) is 22.9. The summed E-state index contributed by atoms with van der Waals surface area (Å²) in [4.78, 5) is 23.9. The molecule has 1 atom stereocenters. The summed E-state index contributed by atoms with van der Waals surface area (Å²) < 4.78 is 7.69. The number of benzene rings is 1. The number of ether oxygens (including phenoxy) is 1. The van der Waals surface area contributed by atoms with Crippen molar-refractivity contribution in [1.82, 2.24) is 29.8 Å². The minimum atomic E-state index is -0.142. The Morgan fingerprint density at radius 1 is 1.20 bits per heavy atom. The molecule has 1 unspecified atom stereocenters. The zero-order valence-electron chi connectivity index (χ0n) is 19.9. The van der Waals surface area contributed by atoms with Gasteiger partial charge in [-0.05, 0) is 37.1 Å². The molecular weight excluding hydrogens is 442 g/mol. The number of hydrogen-bond donors (Lipinski definition) is 2. The largest absolute Gasteiger partial charge is 0.382 e. The second kappa shape index (κ2) is 9.81. The van der Waals surface area contributed by atoms with Gasteiger partial charge in [0, 0.05) is 37.9 Å². The van der Waals surface area contributed by atoms with Crippen LogP contribution in [0.25, 0.3) is 16.8 Å². The van der Waals surface area contributed by atoms with E-state index in [1.807, 2.05) is 44.2 Å². The molecule has 4 heterocycles. The molecule has 1 amide bonds. The minimum absolute atomic E-state index is 0.0574. The van der Waals surface area contributed by atoms with E-state index in [-0.39, 0.29) is 12.0 Å². The highest BCUT2D eigenvalue weighted by Crippen LogP contribution is 2.28. The summed E-state index contributed by atoms with van der Waals surface area (Å²) in [5, 5.41) is 7.40. The maximum atomic E-state index is 13.1. The van der Waals surface area contributed by atoms with E-state index in [0.717, 1.165) is 42.0 Å². The number of fused-ring (bicyclic) bond motifs is 1. The van der Waals surface area contributed by atoms with Crippen LogP contribution >= 0.6 is 0 Å². The molecular formula is C26H29N7O2. The van der Waals surface area contributed by atoms with Crippen molar-refractivity contribution < 1.29 is 9.53 Å². The monoisotopic (exact) mass is 471 g/mol. The molecule has 180 valence electrons. The van der Waals surface area contributed by atoms with Gasteiger partial charge in [-0.25, -0.2) is 9.50 Å². The standard InChI is InChI=1S/C26H29N7O2/c1-17-12-22(33-24(17)25(27)30-16-31-33)20-13-21(18(2)29-14-20)26(34)28-8-9-32-10-11-35-23(15-32)19-6-4-3-5-7-19/h3-7,12-14,16,23H,8-11,15H2,1-2H3,(H,28,34)(H2,27,30,31). The molecule has 1 aromatic carbocycles. The number of nitrogen functional groups attached to an aromatic ring is 1. The Morgan fingerprint density at radius 3 is 2.86 bits per heavy atom. The van der Waals surface area contributed by atoms with Crippen molar-refractivity contribution in [1.29, 1.82) is 0 Å². The van der Waals surface area contributed by atoms with Crippen molar-refractivity contribution >= 4 is 17.2 Å². The zero-order valence-corrected chi connectivity index (χ0v) is 19.9. The van der Waals surface area contributed by atoms with Gasteiger partial charge in [-0.3, -0.25) is 14.7 Å². The van der Waals surface area contributed by atoms with E-state index in [1.54, 1.807) is 10.7 Å². The van der Waals surface area contributed by atoms with Gasteiger partial charge in [0.25, 0.3) is 5.91 Å². The molecule has 3 aromatic heterocycles. The molecule has 0 bridgehead atoms. The van der Waals surface area contributed by atoms with Gasteiger partial charge in [0.05, 0.1) is 29.7 Å². The SMILES string of the molecule is Cc1ncc(-c2cc(C)c3c(N)ncnn23)cc1C(=O)NCCN1CCOC(c2ccccc2)C1. The van der Waals surface area contributed by atoms with E-state index >= 15 is 0 Å². The number of hydrogen-bond acceptors (Lipinski definition) is 7. The maximum Gasteiger partial charge on any atom is 0.253 e. The normalized spacial score (nSPS) is 16.5. The van der Waals surface area contributed by atoms with Crippen molar-refractivity contribution in [3.63, 3.8) is 0 Å². The molecule has 1 saturated heterocycles. The Kier molecular flexibility index (Phi) is 6.43. The highest BCUT2D eigenvalue weighted by molar-refractivity contribution is 5.96. The topological polar surface area (TPSA) is 111 Å². The fourth-order valence-corrected chi connectivity index (χ4v) is 4.56. The first-order chi connectivity index (χ1) is 17.0. The van der Waals surface area contributed by atoms with Gasteiger partial charge in [0.15, 0.2) is 5.82 Å². The molecule has 0 spiro atoms. The van der Waals surface area contributed by atoms with Crippen molar-refractivity contribution in [2.24, 2.45) is 0 Å². The Bertz CT molecular complexity index is 1350. The summed E-state index contributed by atoms with van der Waals surface area (Å²) in [5.74, 6) is 0.274. The van der Waals surface area contributed by atoms with Crippen LogP contribution in [0.2, 0.25) is 0 Å². The van der Waals surface area contributed by atoms with Gasteiger partial charge in [-0.2, -0.15) is 5.10 Å². The zero-order chi connectivity index (χ0) is 24.4. The van der Waals surface area contributed by atoms with Crippen molar-refractivity contribution in [3.05, 3.63) is 77.4 Å². The van der Waals surface area contributed by atoms with Crippen LogP contribution in [0.5, 0.6) is 0 Å². The fourth-order valence-electron chi connectivity index (χ4n) is 4.56. The number of nitrogens with two attached hydrogens (primary N) is 1. The number of aromatic nitrogens is 4. The third kappa shape index (κ3) is 4.73. The van der Waals surface area contributed by atoms with Gasteiger partial charge in [-0.15, -0.1) is 0 Å². The van der Waals surface area contributed by atoms with Gasteiger partial charge in [0.1, 0.15) is 11.8 Å². The average Bonchev–Trinajstić information content (AvgIpc) is 3.22. The molecule has 0 saturated carbocycles. The summed E-state index contributed by atoms with van der Waals surface area (Å²) in [5.41, 5.74) is 11.8. The van der Waals surface area contributed by atoms with Crippen molar-refractivity contribution in [2.75, 3.05) is 38.5 Å². The molecule has 3 N–H and O–H groups in total. The van der Waals surface area contributed by atoms with Crippen molar-refractivity contribution in [3.8, 4) is 11.3 Å². The van der Waals surface area contributed by atoms with E-state index < -0.39 is 0 Å². The number of pyridine rings is 1. The summed E-state index contributed by atoms with van der Waals surface area (Å²) in [6.07, 6.45) is 3.24. The highest BCUT2D eigenvalue weighted by atomic mass is 16.5. The Balaban J connectivity index is 1.26. The van der Waals surface area contributed by atoms with Crippen molar-refractivity contribution in [2.45, 2.75) is 20.0 Å². The number of anilines is 1. The Labute approximate surface area is 203 Å². The highest BCUT2D eigenvalue weighted by Gasteiger charge is 2.22. The van der Waals surface area contributed by atoms with Crippen LogP contribution in [0.4, 0.5) is 5.82 Å². The van der Waals surface area contributed by atoms with E-state index in [2.05, 4.69) is 37.4 Å². The minimum Gasteiger partial charge on any atom is -0.382 e. The number of nitrogens with zero attached hydrogens (tertiary/aromatic N) is 5. The number of carbonyl (C=O) groups excluding carboxylic acids is 1. The molecule has 1 aliphatic heterocycles. The van der Waals surface area contributed by atoms with E-state index in [0.29, 0.717) is 30.2 Å². The van der Waals surface area contributed by atoms with Gasteiger partial charge in [-0.1, -0.05) is 30.3 Å². The van der Waals surface area contributed by atoms with Crippen LogP contribution in [-0.2, 0) is 4.74 Å². The smallest absolute Gasteiger partial charge is 0.253 e. The quantitative estimate of drug-likeness (QED) is 0.445. The Morgan fingerprint density at radius 2 is 2.03 bits per heavy atom. The maximum absolute atomic E-state index is 13.1. The van der Waals surface area contributed by atoms with Crippen LogP contribution in [0.1, 0.15) is 33.3 Å². The van der Waals surface area contributed by atoms with Crippen LogP contribution in [0.3, 0.4) is 0 Å². The number of nitrogens with one attached hydrogen (secondary N) is 1. The molecule has 1 aliphatic rings. The predicted octanol–water partition coefficient (Wildman–Crippen LogP) is 2.79. The molecule has 9 heteroatoms. The van der Waals surface area contributed by atoms with Gasteiger partial charge >= 0.3 is 0 Å². The van der Waals surface area contributed by atoms with Gasteiger partial charge < -0.3 is 15.8 Å². The summed E-state index contributed by atoms with van der Waals surface area (Å²) >= 11 is 0. The first-order valence-electron chi connectivity index (χ1n) is 11.7. The van der Waals surface area contributed by atoms with Crippen LogP contribution in [0.15, 0.2) is 55.0 Å². The molecule has 9 nitrogen and oxygen atoms in total. The summed E-state index contributed by atoms with van der Waals surface area (Å²) in [6.45, 7) is 7.43. The summed E-state index contributed by atoms with van der Waals surface area (Å²) in [7, 11) is 0. The molecule has 1 fully saturated rings. The lowest BCUT2D eigenvalue weighted by Gasteiger charge is -2.33. The molecule has 35 heavy (non-hydrogen) atoms. The number of morpholine rings is 1. The number of amides is 1. The van der Waals surface area contributed by atoms with Gasteiger partial charge in [0.2, 0.25) is 0 Å². The molecule has 0 radical (unpaired) electrons. The lowest BCUT2D eigenvalue weighted by atomic mass is 10.1. The first-order valence-corrected chi connectivity index (χ1v) is 11.7. The van der Waals surface area contributed by atoms with Crippen LogP contribution < -0.4 is 11.1 Å². The van der Waals surface area contributed by atoms with E-state index in [4.69, 9.17) is 10.5 Å². The third-order valence-electron chi connectivity index (χ3n) is 6.44. The van der Waals surface area contributed by atoms with Crippen LogP contribution in [-0.4, -0.2) is 63.2 Å². The van der Waals surface area contributed by atoms with Crippen LogP contribution in [0, 0.1) is 13.8 Å². The lowest BCUT2D eigenvalue weighted by molar-refractivity contribution is -0.0293. The molecule has 5 rings (SSSR count). The number of aryl methyl sites for hydroxylation is 2. The second-order valence-corrected chi connectivity index (χ2v) is 8.80. The number of carbonyl (C=O) groups is 1. The van der Waals surface area contributed by atoms with E-state index in [1.165, 1.54) is 11.9 Å². The summed E-state index contributed by atoms with van der Waals surface area (Å²) in [6, 6.07) is 14.1. The third-order valence-corrected chi connectivity index (χ3v) is 6.44. The predicted molar refractivity (Wildman–Crippen MR) is 134 cm³/mol. The molecule has 0 aliphatic carbocycles. The Hall–Kier alpha value is -3.82. The second-order valence-electron chi connectivity index (χ2n) is 8.80.